The quantitative estimate of drug-likeness (QED) is 0.755. The van der Waals surface area contributed by atoms with Crippen LogP contribution in [0.5, 0.6) is 5.75 Å². The number of carbonyl (C=O) groups is 1. The maximum atomic E-state index is 12.8. The Balaban J connectivity index is 2.24. The Morgan fingerprint density at radius 1 is 1.35 bits per heavy atom. The SMILES string of the molecule is Cc1n[nH]c(C)c1[C@@H](C)C(=O)Nc1ccc(O)c(C(F)(F)F)c1. The number of aromatic nitrogens is 2. The molecule has 1 heterocycles. The van der Waals surface area contributed by atoms with Gasteiger partial charge < -0.3 is 10.4 Å². The van der Waals surface area contributed by atoms with Crippen molar-refractivity contribution in [2.75, 3.05) is 5.32 Å². The van der Waals surface area contributed by atoms with E-state index in [1.165, 1.54) is 6.07 Å². The molecule has 2 aromatic rings. The number of amides is 1. The molecule has 0 radical (unpaired) electrons. The first kappa shape index (κ1) is 16.9. The summed E-state index contributed by atoms with van der Waals surface area (Å²) in [4.78, 5) is 12.3. The van der Waals surface area contributed by atoms with Crippen molar-refractivity contribution in [2.24, 2.45) is 0 Å². The number of hydrogen-bond acceptors (Lipinski definition) is 3. The van der Waals surface area contributed by atoms with Gasteiger partial charge in [0.05, 0.1) is 17.2 Å². The lowest BCUT2D eigenvalue weighted by Gasteiger charge is -2.15. The zero-order valence-electron chi connectivity index (χ0n) is 12.7. The number of anilines is 1. The predicted octanol–water partition coefficient (Wildman–Crippen LogP) is 3.49. The molecular formula is C15H16F3N3O2. The average molecular weight is 327 g/mol. The molecular weight excluding hydrogens is 311 g/mol. The van der Waals surface area contributed by atoms with Crippen LogP contribution in [0.1, 0.15) is 35.4 Å². The van der Waals surface area contributed by atoms with Gasteiger partial charge >= 0.3 is 6.18 Å². The fourth-order valence-electron chi connectivity index (χ4n) is 2.42. The second-order valence-corrected chi connectivity index (χ2v) is 5.29. The number of hydrogen-bond donors (Lipinski definition) is 3. The molecule has 0 aliphatic rings. The van der Waals surface area contributed by atoms with E-state index >= 15 is 0 Å². The summed E-state index contributed by atoms with van der Waals surface area (Å²) in [6.07, 6.45) is -4.70. The molecule has 0 saturated carbocycles. The van der Waals surface area contributed by atoms with Gasteiger partial charge in [-0.3, -0.25) is 9.89 Å². The maximum absolute atomic E-state index is 12.8. The van der Waals surface area contributed by atoms with E-state index in [9.17, 15) is 23.1 Å². The number of phenolic OH excluding ortho intramolecular Hbond substituents is 1. The number of H-pyrrole nitrogens is 1. The smallest absolute Gasteiger partial charge is 0.420 e. The normalized spacial score (nSPS) is 13.0. The van der Waals surface area contributed by atoms with Crippen LogP contribution in [0, 0.1) is 13.8 Å². The number of halogens is 3. The lowest BCUT2D eigenvalue weighted by Crippen LogP contribution is -2.20. The van der Waals surface area contributed by atoms with Crippen LogP contribution < -0.4 is 5.32 Å². The van der Waals surface area contributed by atoms with Gasteiger partial charge in [-0.2, -0.15) is 18.3 Å². The average Bonchev–Trinajstić information content (AvgIpc) is 2.78. The van der Waals surface area contributed by atoms with Crippen molar-refractivity contribution in [3.63, 3.8) is 0 Å². The summed E-state index contributed by atoms with van der Waals surface area (Å²) in [7, 11) is 0. The summed E-state index contributed by atoms with van der Waals surface area (Å²) in [5, 5.41) is 18.5. The first-order valence-corrected chi connectivity index (χ1v) is 6.83. The van der Waals surface area contributed by atoms with E-state index in [0.717, 1.165) is 11.8 Å². The molecule has 5 nitrogen and oxygen atoms in total. The number of alkyl halides is 3. The van der Waals surface area contributed by atoms with Gasteiger partial charge in [0.15, 0.2) is 0 Å². The van der Waals surface area contributed by atoms with Crippen LogP contribution in [0.4, 0.5) is 18.9 Å². The van der Waals surface area contributed by atoms with Crippen LogP contribution in [0.2, 0.25) is 0 Å². The van der Waals surface area contributed by atoms with E-state index in [4.69, 9.17) is 0 Å². The third kappa shape index (κ3) is 3.46. The number of rotatable bonds is 3. The Morgan fingerprint density at radius 2 is 2.00 bits per heavy atom. The Hall–Kier alpha value is -2.51. The minimum atomic E-state index is -4.70. The number of aromatic amines is 1. The van der Waals surface area contributed by atoms with E-state index in [-0.39, 0.29) is 5.69 Å². The van der Waals surface area contributed by atoms with Gasteiger partial charge in [-0.25, -0.2) is 0 Å². The standard InChI is InChI=1S/C15H16F3N3O2/c1-7(13-8(2)20-21-9(13)3)14(23)19-10-4-5-12(22)11(6-10)15(16,17)18/h4-7,22H,1-3H3,(H,19,23)(H,20,21)/t7-/m1/s1. The molecule has 2 rings (SSSR count). The fourth-order valence-corrected chi connectivity index (χ4v) is 2.42. The van der Waals surface area contributed by atoms with Crippen LogP contribution in [-0.4, -0.2) is 21.2 Å². The highest BCUT2D eigenvalue weighted by molar-refractivity contribution is 5.96. The molecule has 3 N–H and O–H groups in total. The highest BCUT2D eigenvalue weighted by Gasteiger charge is 2.34. The van der Waals surface area contributed by atoms with Gasteiger partial charge in [0.2, 0.25) is 5.91 Å². The topological polar surface area (TPSA) is 78.0 Å². The lowest BCUT2D eigenvalue weighted by molar-refractivity contribution is -0.138. The molecule has 0 aliphatic heterocycles. The zero-order chi connectivity index (χ0) is 17.4. The van der Waals surface area contributed by atoms with Crippen LogP contribution in [0.25, 0.3) is 0 Å². The fraction of sp³-hybridized carbons (Fsp3) is 0.333. The summed E-state index contributed by atoms with van der Waals surface area (Å²) in [5.74, 6) is -1.93. The van der Waals surface area contributed by atoms with Crippen LogP contribution in [0.15, 0.2) is 18.2 Å². The number of aryl methyl sites for hydroxylation is 2. The van der Waals surface area contributed by atoms with E-state index in [1.807, 2.05) is 0 Å². The van der Waals surface area contributed by atoms with Crippen LogP contribution in [0.3, 0.4) is 0 Å². The highest BCUT2D eigenvalue weighted by Crippen LogP contribution is 2.37. The second-order valence-electron chi connectivity index (χ2n) is 5.29. The summed E-state index contributed by atoms with van der Waals surface area (Å²) in [5.41, 5.74) is 0.861. The molecule has 124 valence electrons. The zero-order valence-corrected chi connectivity index (χ0v) is 12.7. The van der Waals surface area contributed by atoms with Gasteiger partial charge in [-0.05, 0) is 39.0 Å². The molecule has 1 aromatic heterocycles. The molecule has 23 heavy (non-hydrogen) atoms. The molecule has 0 unspecified atom stereocenters. The number of nitrogens with one attached hydrogen (secondary N) is 2. The third-order valence-electron chi connectivity index (χ3n) is 3.58. The Kier molecular flexibility index (Phi) is 4.35. The van der Waals surface area contributed by atoms with E-state index < -0.39 is 29.3 Å². The van der Waals surface area contributed by atoms with Crippen molar-refractivity contribution in [3.8, 4) is 5.75 Å². The van der Waals surface area contributed by atoms with Crippen LogP contribution in [-0.2, 0) is 11.0 Å². The molecule has 0 saturated heterocycles. The molecule has 0 spiro atoms. The summed E-state index contributed by atoms with van der Waals surface area (Å²) in [6.45, 7) is 5.15. The Labute approximate surface area is 130 Å². The van der Waals surface area contributed by atoms with Crippen LogP contribution >= 0.6 is 0 Å². The Bertz CT molecular complexity index is 719. The first-order valence-electron chi connectivity index (χ1n) is 6.83. The van der Waals surface area contributed by atoms with Crippen molar-refractivity contribution < 1.29 is 23.1 Å². The van der Waals surface area contributed by atoms with E-state index in [1.54, 1.807) is 20.8 Å². The van der Waals surface area contributed by atoms with Crippen molar-refractivity contribution in [3.05, 3.63) is 40.7 Å². The minimum absolute atomic E-state index is 0.0363. The van der Waals surface area contributed by atoms with Gasteiger partial charge in [0.25, 0.3) is 0 Å². The second kappa shape index (κ2) is 5.94. The molecule has 1 atom stereocenters. The number of phenols is 1. The minimum Gasteiger partial charge on any atom is -0.507 e. The molecule has 1 amide bonds. The third-order valence-corrected chi connectivity index (χ3v) is 3.58. The van der Waals surface area contributed by atoms with Crippen molar-refractivity contribution >= 4 is 11.6 Å². The number of nitrogens with zero attached hydrogens (tertiary/aromatic N) is 1. The maximum Gasteiger partial charge on any atom is 0.420 e. The van der Waals surface area contributed by atoms with E-state index in [0.29, 0.717) is 17.3 Å². The summed E-state index contributed by atoms with van der Waals surface area (Å²) >= 11 is 0. The summed E-state index contributed by atoms with van der Waals surface area (Å²) in [6, 6.07) is 2.82. The molecule has 0 aliphatic carbocycles. The molecule has 8 heteroatoms. The highest BCUT2D eigenvalue weighted by atomic mass is 19.4. The van der Waals surface area contributed by atoms with Crippen molar-refractivity contribution in [2.45, 2.75) is 32.9 Å². The van der Waals surface area contributed by atoms with Gasteiger partial charge in [0.1, 0.15) is 5.75 Å². The van der Waals surface area contributed by atoms with Crippen molar-refractivity contribution in [1.82, 2.24) is 10.2 Å². The lowest BCUT2D eigenvalue weighted by atomic mass is 9.98. The molecule has 0 fully saturated rings. The number of aromatic hydroxyl groups is 1. The van der Waals surface area contributed by atoms with Gasteiger partial charge in [-0.15, -0.1) is 0 Å². The van der Waals surface area contributed by atoms with Gasteiger partial charge in [-0.1, -0.05) is 0 Å². The van der Waals surface area contributed by atoms with Gasteiger partial charge in [0, 0.05) is 16.9 Å². The van der Waals surface area contributed by atoms with E-state index in [2.05, 4.69) is 15.5 Å². The molecule has 0 bridgehead atoms. The van der Waals surface area contributed by atoms with Crippen molar-refractivity contribution in [1.29, 1.82) is 0 Å². The predicted molar refractivity (Wildman–Crippen MR) is 78.2 cm³/mol. The number of benzene rings is 1. The first-order chi connectivity index (χ1) is 10.6. The summed E-state index contributed by atoms with van der Waals surface area (Å²) < 4.78 is 38.3. The molecule has 1 aromatic carbocycles. The Morgan fingerprint density at radius 3 is 2.52 bits per heavy atom. The largest absolute Gasteiger partial charge is 0.507 e. The number of carbonyl (C=O) groups excluding carboxylic acids is 1. The monoisotopic (exact) mass is 327 g/mol.